The minimum absolute atomic E-state index is 0.191. The van der Waals surface area contributed by atoms with E-state index in [2.05, 4.69) is 22.0 Å². The highest BCUT2D eigenvalue weighted by Crippen LogP contribution is 2.23. The molecule has 1 aliphatic carbocycles. The zero-order chi connectivity index (χ0) is 12.3. The minimum atomic E-state index is -0.208. The SMILES string of the molecule is NC1C=C(Cc2ccc(F)c(Br)c2)CCCC1. The molecule has 1 aromatic carbocycles. The Morgan fingerprint density at radius 2 is 2.18 bits per heavy atom. The lowest BCUT2D eigenvalue weighted by Gasteiger charge is -2.07. The van der Waals surface area contributed by atoms with E-state index in [0.29, 0.717) is 4.47 Å². The molecule has 2 rings (SSSR count). The fraction of sp³-hybridized carbons (Fsp3) is 0.429. The molecule has 0 saturated carbocycles. The van der Waals surface area contributed by atoms with Crippen LogP contribution in [-0.4, -0.2) is 6.04 Å². The predicted octanol–water partition coefficient (Wildman–Crippen LogP) is 3.96. The average molecular weight is 298 g/mol. The molecule has 92 valence electrons. The summed E-state index contributed by atoms with van der Waals surface area (Å²) in [5, 5.41) is 0. The van der Waals surface area contributed by atoms with E-state index in [1.165, 1.54) is 24.5 Å². The van der Waals surface area contributed by atoms with Gasteiger partial charge in [-0.25, -0.2) is 4.39 Å². The number of hydrogen-bond acceptors (Lipinski definition) is 1. The summed E-state index contributed by atoms with van der Waals surface area (Å²) in [5.74, 6) is -0.208. The standard InChI is InChI=1S/C14H17BrFN/c15-13-9-11(5-6-14(13)16)7-10-3-1-2-4-12(17)8-10/h5-6,8-9,12H,1-4,7,17H2. The first kappa shape index (κ1) is 12.8. The fourth-order valence-electron chi connectivity index (χ4n) is 2.26. The van der Waals surface area contributed by atoms with Crippen LogP contribution in [0.1, 0.15) is 31.2 Å². The van der Waals surface area contributed by atoms with Gasteiger partial charge in [-0.3, -0.25) is 0 Å². The second-order valence-electron chi connectivity index (χ2n) is 4.66. The first-order valence-corrected chi connectivity index (χ1v) is 6.83. The molecule has 17 heavy (non-hydrogen) atoms. The van der Waals surface area contributed by atoms with Crippen molar-refractivity contribution in [1.29, 1.82) is 0 Å². The summed E-state index contributed by atoms with van der Waals surface area (Å²) < 4.78 is 13.7. The van der Waals surface area contributed by atoms with Gasteiger partial charge in [0.05, 0.1) is 4.47 Å². The van der Waals surface area contributed by atoms with Crippen molar-refractivity contribution in [3.63, 3.8) is 0 Å². The lowest BCUT2D eigenvalue weighted by molar-refractivity contribution is 0.620. The maximum absolute atomic E-state index is 13.1. The Hall–Kier alpha value is -0.670. The molecule has 1 unspecified atom stereocenters. The number of hydrogen-bond donors (Lipinski definition) is 1. The molecular formula is C14H17BrFN. The van der Waals surface area contributed by atoms with E-state index in [4.69, 9.17) is 5.73 Å². The second kappa shape index (κ2) is 5.78. The van der Waals surface area contributed by atoms with Crippen molar-refractivity contribution < 1.29 is 4.39 Å². The van der Waals surface area contributed by atoms with Crippen LogP contribution in [-0.2, 0) is 6.42 Å². The van der Waals surface area contributed by atoms with Gasteiger partial charge in [-0.15, -0.1) is 0 Å². The summed E-state index contributed by atoms with van der Waals surface area (Å²) in [5.41, 5.74) is 8.51. The molecule has 0 radical (unpaired) electrons. The Balaban J connectivity index is 2.11. The third kappa shape index (κ3) is 3.65. The van der Waals surface area contributed by atoms with Gasteiger partial charge in [-0.1, -0.05) is 24.1 Å². The van der Waals surface area contributed by atoms with Gasteiger partial charge in [0, 0.05) is 6.04 Å². The van der Waals surface area contributed by atoms with Crippen LogP contribution < -0.4 is 5.73 Å². The van der Waals surface area contributed by atoms with Crippen molar-refractivity contribution in [2.75, 3.05) is 0 Å². The Kier molecular flexibility index (Phi) is 4.35. The van der Waals surface area contributed by atoms with Crippen molar-refractivity contribution in [2.45, 2.75) is 38.1 Å². The van der Waals surface area contributed by atoms with Gasteiger partial charge in [-0.2, -0.15) is 0 Å². The van der Waals surface area contributed by atoms with Crippen LogP contribution in [0.5, 0.6) is 0 Å². The topological polar surface area (TPSA) is 26.0 Å². The van der Waals surface area contributed by atoms with Crippen LogP contribution in [0.3, 0.4) is 0 Å². The molecule has 1 nitrogen and oxygen atoms in total. The lowest BCUT2D eigenvalue weighted by Crippen LogP contribution is -2.16. The number of halogens is 2. The van der Waals surface area contributed by atoms with Gasteiger partial charge in [0.25, 0.3) is 0 Å². The summed E-state index contributed by atoms with van der Waals surface area (Å²) in [6.45, 7) is 0. The van der Waals surface area contributed by atoms with Crippen LogP contribution in [0.4, 0.5) is 4.39 Å². The quantitative estimate of drug-likeness (QED) is 0.822. The summed E-state index contributed by atoms with van der Waals surface area (Å²) in [6.07, 6.45) is 7.67. The van der Waals surface area contributed by atoms with Gasteiger partial charge < -0.3 is 5.73 Å². The van der Waals surface area contributed by atoms with E-state index in [0.717, 1.165) is 24.8 Å². The third-order valence-corrected chi connectivity index (χ3v) is 3.76. The van der Waals surface area contributed by atoms with E-state index >= 15 is 0 Å². The molecule has 0 saturated heterocycles. The first-order valence-electron chi connectivity index (χ1n) is 6.04. The van der Waals surface area contributed by atoms with E-state index in [1.807, 2.05) is 12.1 Å². The van der Waals surface area contributed by atoms with Crippen LogP contribution in [0.15, 0.2) is 34.3 Å². The molecule has 0 bridgehead atoms. The third-order valence-electron chi connectivity index (χ3n) is 3.15. The van der Waals surface area contributed by atoms with Crippen molar-refractivity contribution >= 4 is 15.9 Å². The highest BCUT2D eigenvalue weighted by Gasteiger charge is 2.09. The number of allylic oxidation sites excluding steroid dienone is 1. The monoisotopic (exact) mass is 297 g/mol. The van der Waals surface area contributed by atoms with Gasteiger partial charge >= 0.3 is 0 Å². The van der Waals surface area contributed by atoms with Crippen molar-refractivity contribution in [3.05, 3.63) is 45.7 Å². The van der Waals surface area contributed by atoms with Gasteiger partial charge in [0.15, 0.2) is 0 Å². The molecule has 1 aromatic rings. The summed E-state index contributed by atoms with van der Waals surface area (Å²) in [6, 6.07) is 5.40. The zero-order valence-corrected chi connectivity index (χ0v) is 11.3. The molecule has 0 aromatic heterocycles. The normalized spacial score (nSPS) is 20.9. The Morgan fingerprint density at radius 1 is 1.35 bits per heavy atom. The molecule has 0 fully saturated rings. The van der Waals surface area contributed by atoms with Crippen LogP contribution in [0.25, 0.3) is 0 Å². The van der Waals surface area contributed by atoms with E-state index in [-0.39, 0.29) is 11.9 Å². The van der Waals surface area contributed by atoms with Gasteiger partial charge in [-0.05, 0) is 59.3 Å². The molecule has 0 amide bonds. The lowest BCUT2D eigenvalue weighted by atomic mass is 10.0. The minimum Gasteiger partial charge on any atom is -0.324 e. The van der Waals surface area contributed by atoms with Crippen LogP contribution in [0, 0.1) is 5.82 Å². The molecular weight excluding hydrogens is 281 g/mol. The highest BCUT2D eigenvalue weighted by molar-refractivity contribution is 9.10. The molecule has 0 spiro atoms. The second-order valence-corrected chi connectivity index (χ2v) is 5.51. The molecule has 0 aliphatic heterocycles. The average Bonchev–Trinajstić information content (AvgIpc) is 2.48. The predicted molar refractivity (Wildman–Crippen MR) is 72.3 cm³/mol. The molecule has 2 N–H and O–H groups in total. The number of rotatable bonds is 2. The molecule has 1 aliphatic rings. The first-order chi connectivity index (χ1) is 8.15. The zero-order valence-electron chi connectivity index (χ0n) is 9.76. The van der Waals surface area contributed by atoms with E-state index in [1.54, 1.807) is 0 Å². The van der Waals surface area contributed by atoms with Crippen molar-refractivity contribution in [3.8, 4) is 0 Å². The van der Waals surface area contributed by atoms with Crippen molar-refractivity contribution in [1.82, 2.24) is 0 Å². The Labute approximate surface area is 110 Å². The van der Waals surface area contributed by atoms with Crippen LogP contribution in [0.2, 0.25) is 0 Å². The largest absolute Gasteiger partial charge is 0.324 e. The number of benzene rings is 1. The summed E-state index contributed by atoms with van der Waals surface area (Å²) in [4.78, 5) is 0. The summed E-state index contributed by atoms with van der Waals surface area (Å²) in [7, 11) is 0. The van der Waals surface area contributed by atoms with E-state index < -0.39 is 0 Å². The maximum Gasteiger partial charge on any atom is 0.137 e. The molecule has 1 atom stereocenters. The Morgan fingerprint density at radius 3 is 2.94 bits per heavy atom. The van der Waals surface area contributed by atoms with Crippen LogP contribution >= 0.6 is 15.9 Å². The smallest absolute Gasteiger partial charge is 0.137 e. The fourth-order valence-corrected chi connectivity index (χ4v) is 2.69. The summed E-state index contributed by atoms with van der Waals surface area (Å²) >= 11 is 3.22. The number of nitrogens with two attached hydrogens (primary N) is 1. The molecule has 0 heterocycles. The van der Waals surface area contributed by atoms with E-state index in [9.17, 15) is 4.39 Å². The molecule has 3 heteroatoms. The Bertz CT molecular complexity index is 428. The maximum atomic E-state index is 13.1. The van der Waals surface area contributed by atoms with Crippen molar-refractivity contribution in [2.24, 2.45) is 5.73 Å². The highest BCUT2D eigenvalue weighted by atomic mass is 79.9. The van der Waals surface area contributed by atoms with Gasteiger partial charge in [0.1, 0.15) is 5.82 Å². The van der Waals surface area contributed by atoms with Gasteiger partial charge in [0.2, 0.25) is 0 Å².